The van der Waals surface area contributed by atoms with Crippen molar-refractivity contribution >= 4 is 30.1 Å². The van der Waals surface area contributed by atoms with Gasteiger partial charge in [-0.2, -0.15) is 0 Å². The molecule has 0 amide bonds. The van der Waals surface area contributed by atoms with E-state index in [9.17, 15) is 4.79 Å². The first-order valence-corrected chi connectivity index (χ1v) is 4.53. The smallest absolute Gasteiger partial charge is 0.323 e. The summed E-state index contributed by atoms with van der Waals surface area (Å²) in [4.78, 5) is 11.0. The Bertz CT molecular complexity index is 175. The van der Waals surface area contributed by atoms with E-state index in [0.717, 1.165) is 5.75 Å². The average Bonchev–Trinajstić information content (AvgIpc) is 2.29. The highest BCUT2D eigenvalue weighted by atomic mass is 35.5. The molecule has 0 aliphatic carbocycles. The summed E-state index contributed by atoms with van der Waals surface area (Å²) >= 11 is 1.74. The van der Waals surface area contributed by atoms with Crippen LogP contribution in [0.2, 0.25) is 0 Å². The fourth-order valence-electron chi connectivity index (χ4n) is 1.06. The standard InChI is InChI=1S/C7H13NO2S.ClH/c1-7(2)8-5(4-11-7)6(9)10-3;/h5,8H,4H2,1-3H3;1H. The Kier molecular flexibility index (Phi) is 4.37. The molecule has 0 bridgehead atoms. The first-order valence-electron chi connectivity index (χ1n) is 3.54. The van der Waals surface area contributed by atoms with Crippen molar-refractivity contribution in [3.63, 3.8) is 0 Å². The topological polar surface area (TPSA) is 38.3 Å². The van der Waals surface area contributed by atoms with Gasteiger partial charge >= 0.3 is 5.97 Å². The van der Waals surface area contributed by atoms with E-state index in [4.69, 9.17) is 0 Å². The monoisotopic (exact) mass is 211 g/mol. The van der Waals surface area contributed by atoms with E-state index in [-0.39, 0.29) is 29.3 Å². The Morgan fingerprint density at radius 2 is 2.25 bits per heavy atom. The van der Waals surface area contributed by atoms with Crippen molar-refractivity contribution in [3.05, 3.63) is 0 Å². The number of methoxy groups -OCH3 is 1. The van der Waals surface area contributed by atoms with E-state index in [1.807, 2.05) is 0 Å². The lowest BCUT2D eigenvalue weighted by Gasteiger charge is -2.17. The number of hydrogen-bond acceptors (Lipinski definition) is 4. The van der Waals surface area contributed by atoms with Crippen LogP contribution in [-0.2, 0) is 9.53 Å². The van der Waals surface area contributed by atoms with Crippen LogP contribution in [0.1, 0.15) is 13.8 Å². The van der Waals surface area contributed by atoms with Gasteiger partial charge in [0.1, 0.15) is 6.04 Å². The Morgan fingerprint density at radius 3 is 2.58 bits per heavy atom. The number of halogens is 1. The lowest BCUT2D eigenvalue weighted by molar-refractivity contribution is -0.142. The molecule has 5 heteroatoms. The van der Waals surface area contributed by atoms with Crippen LogP contribution in [0.5, 0.6) is 0 Å². The van der Waals surface area contributed by atoms with Crippen LogP contribution in [-0.4, -0.2) is 29.7 Å². The molecular weight excluding hydrogens is 198 g/mol. The van der Waals surface area contributed by atoms with Crippen LogP contribution >= 0.6 is 24.2 Å². The zero-order valence-electron chi connectivity index (χ0n) is 7.42. The highest BCUT2D eigenvalue weighted by Crippen LogP contribution is 2.29. The number of carbonyl (C=O) groups excluding carboxylic acids is 1. The molecule has 0 spiro atoms. The minimum atomic E-state index is -0.164. The van der Waals surface area contributed by atoms with Crippen molar-refractivity contribution in [2.24, 2.45) is 0 Å². The highest BCUT2D eigenvalue weighted by molar-refractivity contribution is 8.00. The third kappa shape index (κ3) is 2.84. The molecular formula is C7H14ClNO2S. The van der Waals surface area contributed by atoms with Gasteiger partial charge in [-0.3, -0.25) is 10.1 Å². The number of thioether (sulfide) groups is 1. The second kappa shape index (κ2) is 4.35. The van der Waals surface area contributed by atoms with Crippen LogP contribution in [0.4, 0.5) is 0 Å². The van der Waals surface area contributed by atoms with Gasteiger partial charge in [0.15, 0.2) is 0 Å². The van der Waals surface area contributed by atoms with Crippen LogP contribution in [0, 0.1) is 0 Å². The first kappa shape index (κ1) is 12.1. The van der Waals surface area contributed by atoms with E-state index in [1.165, 1.54) is 7.11 Å². The lowest BCUT2D eigenvalue weighted by atomic mass is 10.3. The molecule has 1 aliphatic heterocycles. The molecule has 0 saturated carbocycles. The number of carbonyl (C=O) groups is 1. The molecule has 1 N–H and O–H groups in total. The molecule has 1 fully saturated rings. The summed E-state index contributed by atoms with van der Waals surface area (Å²) in [5.74, 6) is 0.641. The zero-order chi connectivity index (χ0) is 8.48. The molecule has 1 aliphatic rings. The lowest BCUT2D eigenvalue weighted by Crippen LogP contribution is -2.41. The van der Waals surface area contributed by atoms with E-state index < -0.39 is 0 Å². The van der Waals surface area contributed by atoms with Gasteiger partial charge in [-0.25, -0.2) is 0 Å². The molecule has 1 unspecified atom stereocenters. The third-order valence-electron chi connectivity index (χ3n) is 1.62. The first-order chi connectivity index (χ1) is 5.05. The Hall–Kier alpha value is 0.0700. The van der Waals surface area contributed by atoms with Crippen molar-refractivity contribution in [3.8, 4) is 0 Å². The minimum absolute atomic E-state index is 0. The summed E-state index contributed by atoms with van der Waals surface area (Å²) in [6, 6.07) is -0.125. The van der Waals surface area contributed by atoms with Gasteiger partial charge in [0.25, 0.3) is 0 Å². The highest BCUT2D eigenvalue weighted by Gasteiger charge is 2.35. The van der Waals surface area contributed by atoms with Crippen molar-refractivity contribution in [2.45, 2.75) is 24.8 Å². The summed E-state index contributed by atoms with van der Waals surface area (Å²) in [5.41, 5.74) is 0. The molecule has 0 radical (unpaired) electrons. The van der Waals surface area contributed by atoms with Crippen molar-refractivity contribution in [2.75, 3.05) is 12.9 Å². The predicted molar refractivity (Wildman–Crippen MR) is 52.7 cm³/mol. The second-order valence-corrected chi connectivity index (χ2v) is 4.68. The number of esters is 1. The fraction of sp³-hybridized carbons (Fsp3) is 0.857. The maximum Gasteiger partial charge on any atom is 0.323 e. The molecule has 0 aromatic carbocycles. The van der Waals surface area contributed by atoms with Crippen LogP contribution in [0.25, 0.3) is 0 Å². The van der Waals surface area contributed by atoms with Crippen LogP contribution in [0.3, 0.4) is 0 Å². The van der Waals surface area contributed by atoms with Gasteiger partial charge in [-0.1, -0.05) is 0 Å². The molecule has 0 aromatic heterocycles. The van der Waals surface area contributed by atoms with Crippen molar-refractivity contribution in [1.29, 1.82) is 0 Å². The minimum Gasteiger partial charge on any atom is -0.468 e. The van der Waals surface area contributed by atoms with Gasteiger partial charge in [0.05, 0.1) is 12.0 Å². The summed E-state index contributed by atoms with van der Waals surface area (Å²) < 4.78 is 4.61. The van der Waals surface area contributed by atoms with Crippen LogP contribution in [0.15, 0.2) is 0 Å². The summed E-state index contributed by atoms with van der Waals surface area (Å²) in [5, 5.41) is 3.17. The molecule has 1 atom stereocenters. The van der Waals surface area contributed by atoms with E-state index >= 15 is 0 Å². The molecule has 1 saturated heterocycles. The normalized spacial score (nSPS) is 26.1. The molecule has 1 rings (SSSR count). The Morgan fingerprint density at radius 1 is 1.67 bits per heavy atom. The number of ether oxygens (including phenoxy) is 1. The molecule has 72 valence electrons. The van der Waals surface area contributed by atoms with Crippen LogP contribution < -0.4 is 5.32 Å². The predicted octanol–water partition coefficient (Wildman–Crippen LogP) is 1.02. The number of rotatable bonds is 1. The van der Waals surface area contributed by atoms with Gasteiger partial charge in [-0.15, -0.1) is 24.2 Å². The van der Waals surface area contributed by atoms with E-state index in [2.05, 4.69) is 23.9 Å². The Labute approximate surface area is 83.0 Å². The van der Waals surface area contributed by atoms with Gasteiger partial charge in [-0.05, 0) is 13.8 Å². The van der Waals surface area contributed by atoms with Crippen molar-refractivity contribution in [1.82, 2.24) is 5.32 Å². The average molecular weight is 212 g/mol. The van der Waals surface area contributed by atoms with Gasteiger partial charge in [0.2, 0.25) is 0 Å². The summed E-state index contributed by atoms with van der Waals surface area (Å²) in [7, 11) is 1.42. The Balaban J connectivity index is 0.00000121. The molecule has 12 heavy (non-hydrogen) atoms. The number of nitrogens with one attached hydrogen (secondary N) is 1. The third-order valence-corrected chi connectivity index (χ3v) is 2.96. The maximum atomic E-state index is 11.0. The SMILES string of the molecule is COC(=O)C1CSC(C)(C)N1.Cl. The summed E-state index contributed by atoms with van der Waals surface area (Å²) in [6.45, 7) is 4.11. The van der Waals surface area contributed by atoms with Crippen molar-refractivity contribution < 1.29 is 9.53 Å². The molecule has 1 heterocycles. The second-order valence-electron chi connectivity index (χ2n) is 3.04. The fourth-order valence-corrected chi connectivity index (χ4v) is 2.09. The van der Waals surface area contributed by atoms with E-state index in [1.54, 1.807) is 11.8 Å². The molecule has 3 nitrogen and oxygen atoms in total. The van der Waals surface area contributed by atoms with E-state index in [0.29, 0.717) is 0 Å². The molecule has 0 aromatic rings. The summed E-state index contributed by atoms with van der Waals surface area (Å²) in [6.07, 6.45) is 0. The maximum absolute atomic E-state index is 11.0. The van der Waals surface area contributed by atoms with Gasteiger partial charge < -0.3 is 4.74 Å². The zero-order valence-corrected chi connectivity index (χ0v) is 9.05. The quantitative estimate of drug-likeness (QED) is 0.658. The largest absolute Gasteiger partial charge is 0.468 e. The number of hydrogen-bond donors (Lipinski definition) is 1. The van der Waals surface area contributed by atoms with Gasteiger partial charge in [0, 0.05) is 5.75 Å².